The fourth-order valence-electron chi connectivity index (χ4n) is 2.48. The molecule has 2 atom stereocenters. The average molecular weight is 206 g/mol. The van der Waals surface area contributed by atoms with Gasteiger partial charge in [-0.3, -0.25) is 0 Å². The van der Waals surface area contributed by atoms with Gasteiger partial charge in [0, 0.05) is 0 Å². The number of hydrogen-bond acceptors (Lipinski definition) is 2. The van der Waals surface area contributed by atoms with E-state index in [1.54, 1.807) is 7.11 Å². The Morgan fingerprint density at radius 3 is 2.87 bits per heavy atom. The van der Waals surface area contributed by atoms with Gasteiger partial charge in [0.25, 0.3) is 0 Å². The Kier molecular flexibility index (Phi) is 2.70. The molecule has 0 radical (unpaired) electrons. The van der Waals surface area contributed by atoms with E-state index >= 15 is 0 Å². The minimum absolute atomic E-state index is 0.338. The lowest BCUT2D eigenvalue weighted by Gasteiger charge is -2.28. The topological polar surface area (TPSA) is 29.5 Å². The molecule has 1 aromatic carbocycles. The standard InChI is InChI=1S/C13H18O2/c1-10-5-4-8-13(10,14)11-6-3-7-12(9-11)15-2/h3,6-7,9-10,14H,4-5,8H2,1-2H3. The van der Waals surface area contributed by atoms with E-state index in [0.717, 1.165) is 30.6 Å². The number of benzene rings is 1. The summed E-state index contributed by atoms with van der Waals surface area (Å²) in [6.07, 6.45) is 3.07. The predicted octanol–water partition coefficient (Wildman–Crippen LogP) is 2.70. The number of rotatable bonds is 2. The molecular formula is C13H18O2. The second-order valence-corrected chi connectivity index (χ2v) is 4.45. The van der Waals surface area contributed by atoms with Crippen molar-refractivity contribution in [2.24, 2.45) is 5.92 Å². The summed E-state index contributed by atoms with van der Waals surface area (Å²) in [6.45, 7) is 2.12. The molecule has 0 bridgehead atoms. The molecule has 1 N–H and O–H groups in total. The predicted molar refractivity (Wildman–Crippen MR) is 59.9 cm³/mol. The first kappa shape index (κ1) is 10.5. The molecule has 2 rings (SSSR count). The summed E-state index contributed by atoms with van der Waals surface area (Å²) in [5, 5.41) is 10.6. The molecule has 82 valence electrons. The summed E-state index contributed by atoms with van der Waals surface area (Å²) in [5.74, 6) is 1.16. The molecule has 2 unspecified atom stereocenters. The van der Waals surface area contributed by atoms with E-state index in [1.807, 2.05) is 24.3 Å². The van der Waals surface area contributed by atoms with Crippen LogP contribution < -0.4 is 4.74 Å². The fourth-order valence-corrected chi connectivity index (χ4v) is 2.48. The van der Waals surface area contributed by atoms with Gasteiger partial charge in [0.05, 0.1) is 12.7 Å². The van der Waals surface area contributed by atoms with Crippen LogP contribution in [0.15, 0.2) is 24.3 Å². The number of ether oxygens (including phenoxy) is 1. The Balaban J connectivity index is 2.35. The van der Waals surface area contributed by atoms with Gasteiger partial charge in [-0.05, 0) is 42.9 Å². The molecule has 0 aliphatic heterocycles. The van der Waals surface area contributed by atoms with E-state index in [9.17, 15) is 5.11 Å². The van der Waals surface area contributed by atoms with Gasteiger partial charge >= 0.3 is 0 Å². The molecule has 0 saturated heterocycles. The molecule has 15 heavy (non-hydrogen) atoms. The minimum atomic E-state index is -0.644. The molecule has 1 aromatic rings. The van der Waals surface area contributed by atoms with Crippen molar-refractivity contribution in [3.8, 4) is 5.75 Å². The van der Waals surface area contributed by atoms with Crippen molar-refractivity contribution < 1.29 is 9.84 Å². The maximum atomic E-state index is 10.6. The van der Waals surface area contributed by atoms with Gasteiger partial charge in [0.15, 0.2) is 0 Å². The van der Waals surface area contributed by atoms with Crippen LogP contribution in [-0.4, -0.2) is 12.2 Å². The summed E-state index contributed by atoms with van der Waals surface area (Å²) in [7, 11) is 1.65. The van der Waals surface area contributed by atoms with Gasteiger partial charge in [-0.1, -0.05) is 19.1 Å². The first-order valence-corrected chi connectivity index (χ1v) is 5.54. The van der Waals surface area contributed by atoms with E-state index < -0.39 is 5.60 Å². The lowest BCUT2D eigenvalue weighted by atomic mass is 9.85. The molecule has 1 saturated carbocycles. The molecular weight excluding hydrogens is 188 g/mol. The zero-order valence-electron chi connectivity index (χ0n) is 9.36. The average Bonchev–Trinajstić information content (AvgIpc) is 2.61. The van der Waals surface area contributed by atoms with Gasteiger partial charge in [-0.25, -0.2) is 0 Å². The van der Waals surface area contributed by atoms with E-state index in [1.165, 1.54) is 0 Å². The van der Waals surface area contributed by atoms with Crippen molar-refractivity contribution in [2.45, 2.75) is 31.8 Å². The van der Waals surface area contributed by atoms with Crippen molar-refractivity contribution in [2.75, 3.05) is 7.11 Å². The second kappa shape index (κ2) is 3.86. The largest absolute Gasteiger partial charge is 0.497 e. The van der Waals surface area contributed by atoms with Crippen molar-refractivity contribution in [1.29, 1.82) is 0 Å². The van der Waals surface area contributed by atoms with Crippen LogP contribution in [-0.2, 0) is 5.60 Å². The number of methoxy groups -OCH3 is 1. The first-order valence-electron chi connectivity index (χ1n) is 5.54. The Bertz CT molecular complexity index is 348. The van der Waals surface area contributed by atoms with Crippen LogP contribution in [0.3, 0.4) is 0 Å². The molecule has 0 spiro atoms. The van der Waals surface area contributed by atoms with Gasteiger partial charge in [0.2, 0.25) is 0 Å². The van der Waals surface area contributed by atoms with Crippen LogP contribution in [0.2, 0.25) is 0 Å². The fraction of sp³-hybridized carbons (Fsp3) is 0.538. The zero-order chi connectivity index (χ0) is 10.9. The van der Waals surface area contributed by atoms with E-state index in [0.29, 0.717) is 5.92 Å². The van der Waals surface area contributed by atoms with Crippen molar-refractivity contribution in [1.82, 2.24) is 0 Å². The molecule has 0 aromatic heterocycles. The zero-order valence-corrected chi connectivity index (χ0v) is 9.36. The van der Waals surface area contributed by atoms with Gasteiger partial charge in [0.1, 0.15) is 5.75 Å². The van der Waals surface area contributed by atoms with Crippen LogP contribution in [0.25, 0.3) is 0 Å². The van der Waals surface area contributed by atoms with E-state index in [4.69, 9.17) is 4.74 Å². The summed E-state index contributed by atoms with van der Waals surface area (Å²) in [6, 6.07) is 7.79. The molecule has 0 amide bonds. The monoisotopic (exact) mass is 206 g/mol. The maximum Gasteiger partial charge on any atom is 0.119 e. The molecule has 1 aliphatic carbocycles. The lowest BCUT2D eigenvalue weighted by molar-refractivity contribution is 0.00432. The molecule has 1 aliphatic rings. The van der Waals surface area contributed by atoms with Crippen LogP contribution >= 0.6 is 0 Å². The Hall–Kier alpha value is -1.02. The third-order valence-electron chi connectivity index (χ3n) is 3.58. The Morgan fingerprint density at radius 1 is 1.47 bits per heavy atom. The summed E-state index contributed by atoms with van der Waals surface area (Å²) in [5.41, 5.74) is 0.348. The summed E-state index contributed by atoms with van der Waals surface area (Å²) < 4.78 is 5.18. The lowest BCUT2D eigenvalue weighted by Crippen LogP contribution is -2.28. The highest BCUT2D eigenvalue weighted by molar-refractivity contribution is 5.33. The van der Waals surface area contributed by atoms with Crippen LogP contribution in [0, 0.1) is 5.92 Å². The highest BCUT2D eigenvalue weighted by Gasteiger charge is 2.39. The van der Waals surface area contributed by atoms with Crippen LogP contribution in [0.1, 0.15) is 31.7 Å². The Labute approximate surface area is 90.9 Å². The third-order valence-corrected chi connectivity index (χ3v) is 3.58. The summed E-state index contributed by atoms with van der Waals surface area (Å²) >= 11 is 0. The van der Waals surface area contributed by atoms with Crippen molar-refractivity contribution in [3.63, 3.8) is 0 Å². The van der Waals surface area contributed by atoms with E-state index in [2.05, 4.69) is 6.92 Å². The normalized spacial score (nSPS) is 30.5. The highest BCUT2D eigenvalue weighted by Crippen LogP contribution is 2.43. The molecule has 1 fully saturated rings. The van der Waals surface area contributed by atoms with Crippen LogP contribution in [0.5, 0.6) is 5.75 Å². The first-order chi connectivity index (χ1) is 7.16. The molecule has 0 heterocycles. The van der Waals surface area contributed by atoms with Gasteiger partial charge in [-0.15, -0.1) is 0 Å². The number of hydrogen-bond donors (Lipinski definition) is 1. The third kappa shape index (κ3) is 1.74. The quantitative estimate of drug-likeness (QED) is 0.806. The van der Waals surface area contributed by atoms with Crippen molar-refractivity contribution in [3.05, 3.63) is 29.8 Å². The maximum absolute atomic E-state index is 10.6. The molecule has 2 heteroatoms. The number of aliphatic hydroxyl groups is 1. The van der Waals surface area contributed by atoms with Crippen molar-refractivity contribution >= 4 is 0 Å². The minimum Gasteiger partial charge on any atom is -0.497 e. The SMILES string of the molecule is COc1cccc(C2(O)CCCC2C)c1. The summed E-state index contributed by atoms with van der Waals surface area (Å²) in [4.78, 5) is 0. The van der Waals surface area contributed by atoms with Gasteiger partial charge < -0.3 is 9.84 Å². The smallest absolute Gasteiger partial charge is 0.119 e. The second-order valence-electron chi connectivity index (χ2n) is 4.45. The Morgan fingerprint density at radius 2 is 2.27 bits per heavy atom. The highest BCUT2D eigenvalue weighted by atomic mass is 16.5. The van der Waals surface area contributed by atoms with E-state index in [-0.39, 0.29) is 0 Å². The van der Waals surface area contributed by atoms with Crippen LogP contribution in [0.4, 0.5) is 0 Å². The van der Waals surface area contributed by atoms with Gasteiger partial charge in [-0.2, -0.15) is 0 Å². The molecule has 2 nitrogen and oxygen atoms in total.